The van der Waals surface area contributed by atoms with E-state index in [9.17, 15) is 15.2 Å². The summed E-state index contributed by atoms with van der Waals surface area (Å²) >= 11 is 0. The number of benzene rings is 2. The van der Waals surface area contributed by atoms with Gasteiger partial charge in [-0.25, -0.2) is 0 Å². The smallest absolute Gasteiger partial charge is 0.373 e. The molecule has 0 aliphatic rings. The van der Waals surface area contributed by atoms with Gasteiger partial charge in [0, 0.05) is 12.1 Å². The summed E-state index contributed by atoms with van der Waals surface area (Å²) in [7, 11) is 1.56. The van der Waals surface area contributed by atoms with Crippen molar-refractivity contribution in [3.63, 3.8) is 0 Å². The molecule has 2 rings (SSSR count). The number of rotatable bonds is 4. The molecule has 0 heterocycles. The first-order valence-corrected chi connectivity index (χ1v) is 6.09. The van der Waals surface area contributed by atoms with Crippen LogP contribution in [0.2, 0.25) is 0 Å². The number of nitrogens with zero attached hydrogens (tertiary/aromatic N) is 1. The van der Waals surface area contributed by atoms with Crippen molar-refractivity contribution in [2.24, 2.45) is 0 Å². The molecule has 0 amide bonds. The Hall–Kier alpha value is -3.02. The molecule has 2 aromatic carbocycles. The van der Waals surface area contributed by atoms with Crippen molar-refractivity contribution in [3.8, 4) is 5.75 Å². The molecule has 2 aromatic rings. The summed E-state index contributed by atoms with van der Waals surface area (Å²) in [5, 5.41) is 20.9. The highest BCUT2D eigenvalue weighted by molar-refractivity contribution is 5.40. The Labute approximate surface area is 125 Å². The molecular formula is C15H13NO6. The molecule has 22 heavy (non-hydrogen) atoms. The van der Waals surface area contributed by atoms with Gasteiger partial charge < -0.3 is 9.84 Å². The van der Waals surface area contributed by atoms with Crippen LogP contribution in [0.4, 0.5) is 5.69 Å². The van der Waals surface area contributed by atoms with Crippen molar-refractivity contribution >= 4 is 11.8 Å². The number of ether oxygens (including phenoxy) is 1. The standard InChI is InChI=1S/C14H13NO4.CO2/c1-19-13-7-5-10(6-8-13)14(16)11-3-2-4-12(9-11)15(17)18;2-1-3/h2-9,14,16H,1H3;. The van der Waals surface area contributed by atoms with Gasteiger partial charge in [0.1, 0.15) is 11.9 Å². The lowest BCUT2D eigenvalue weighted by molar-refractivity contribution is -0.385. The average molecular weight is 303 g/mol. The lowest BCUT2D eigenvalue weighted by atomic mass is 10.0. The van der Waals surface area contributed by atoms with Crippen molar-refractivity contribution in [1.82, 2.24) is 0 Å². The van der Waals surface area contributed by atoms with Gasteiger partial charge in [-0.15, -0.1) is 0 Å². The molecule has 114 valence electrons. The van der Waals surface area contributed by atoms with E-state index < -0.39 is 11.0 Å². The first-order chi connectivity index (χ1) is 10.5. The quantitative estimate of drug-likeness (QED) is 0.684. The molecule has 0 bridgehead atoms. The zero-order valence-corrected chi connectivity index (χ0v) is 11.6. The van der Waals surface area contributed by atoms with E-state index in [2.05, 4.69) is 0 Å². The van der Waals surface area contributed by atoms with E-state index in [1.54, 1.807) is 43.5 Å². The van der Waals surface area contributed by atoms with Gasteiger partial charge in [-0.2, -0.15) is 9.59 Å². The Balaban J connectivity index is 0.000000745. The summed E-state index contributed by atoms with van der Waals surface area (Å²) in [5.41, 5.74) is 1.10. The fraction of sp³-hybridized carbons (Fsp3) is 0.133. The highest BCUT2D eigenvalue weighted by Crippen LogP contribution is 2.26. The van der Waals surface area contributed by atoms with Gasteiger partial charge in [-0.05, 0) is 23.3 Å². The van der Waals surface area contributed by atoms with Crippen LogP contribution in [0.15, 0.2) is 48.5 Å². The van der Waals surface area contributed by atoms with E-state index in [1.807, 2.05) is 0 Å². The predicted molar refractivity (Wildman–Crippen MR) is 75.2 cm³/mol. The molecule has 1 atom stereocenters. The largest absolute Gasteiger partial charge is 0.497 e. The van der Waals surface area contributed by atoms with Crippen LogP contribution in [0.5, 0.6) is 5.75 Å². The van der Waals surface area contributed by atoms with Crippen LogP contribution in [0, 0.1) is 10.1 Å². The minimum atomic E-state index is -0.897. The number of nitro benzene ring substituents is 1. The molecule has 0 saturated heterocycles. The summed E-state index contributed by atoms with van der Waals surface area (Å²) in [6.07, 6.45) is -0.647. The third-order valence-corrected chi connectivity index (χ3v) is 2.83. The molecular weight excluding hydrogens is 290 g/mol. The van der Waals surface area contributed by atoms with Crippen LogP contribution in [0.1, 0.15) is 17.2 Å². The van der Waals surface area contributed by atoms with Crippen LogP contribution >= 0.6 is 0 Å². The maximum atomic E-state index is 10.7. The molecule has 1 N–H and O–H groups in total. The average Bonchev–Trinajstić information content (AvgIpc) is 2.55. The van der Waals surface area contributed by atoms with Gasteiger partial charge in [0.05, 0.1) is 12.0 Å². The van der Waals surface area contributed by atoms with E-state index in [0.29, 0.717) is 16.9 Å². The van der Waals surface area contributed by atoms with Crippen molar-refractivity contribution in [2.45, 2.75) is 6.10 Å². The number of aliphatic hydroxyl groups is 1. The number of non-ortho nitro benzene ring substituents is 1. The van der Waals surface area contributed by atoms with Crippen LogP contribution in [-0.4, -0.2) is 23.3 Å². The molecule has 0 fully saturated rings. The number of hydrogen-bond acceptors (Lipinski definition) is 6. The van der Waals surface area contributed by atoms with Gasteiger partial charge in [0.15, 0.2) is 0 Å². The lowest BCUT2D eigenvalue weighted by Crippen LogP contribution is -2.00. The van der Waals surface area contributed by atoms with Gasteiger partial charge in [0.25, 0.3) is 5.69 Å². The van der Waals surface area contributed by atoms with Crippen LogP contribution < -0.4 is 4.74 Å². The second-order valence-electron chi connectivity index (χ2n) is 4.11. The number of carbonyl (C=O) groups excluding carboxylic acids is 2. The molecule has 0 aliphatic heterocycles. The molecule has 0 aliphatic carbocycles. The topological polar surface area (TPSA) is 107 Å². The van der Waals surface area contributed by atoms with Gasteiger partial charge in [-0.3, -0.25) is 10.1 Å². The Bertz CT molecular complexity index is 662. The van der Waals surface area contributed by atoms with Gasteiger partial charge >= 0.3 is 6.15 Å². The maximum absolute atomic E-state index is 10.7. The number of aliphatic hydroxyl groups excluding tert-OH is 1. The normalized spacial score (nSPS) is 10.6. The molecule has 0 spiro atoms. The summed E-state index contributed by atoms with van der Waals surface area (Å²) in [4.78, 5) is 26.5. The van der Waals surface area contributed by atoms with Gasteiger partial charge in [0.2, 0.25) is 0 Å². The Morgan fingerprint density at radius 3 is 2.23 bits per heavy atom. The third-order valence-electron chi connectivity index (χ3n) is 2.83. The van der Waals surface area contributed by atoms with Crippen LogP contribution in [0.3, 0.4) is 0 Å². The van der Waals surface area contributed by atoms with Crippen molar-refractivity contribution in [3.05, 3.63) is 69.8 Å². The second kappa shape index (κ2) is 8.31. The Morgan fingerprint density at radius 1 is 1.14 bits per heavy atom. The van der Waals surface area contributed by atoms with Crippen LogP contribution in [0.25, 0.3) is 0 Å². The van der Waals surface area contributed by atoms with E-state index in [4.69, 9.17) is 14.3 Å². The molecule has 0 radical (unpaired) electrons. The third kappa shape index (κ3) is 4.52. The fourth-order valence-electron chi connectivity index (χ4n) is 1.79. The summed E-state index contributed by atoms with van der Waals surface area (Å²) in [6.45, 7) is 0. The number of nitro groups is 1. The maximum Gasteiger partial charge on any atom is 0.373 e. The number of methoxy groups -OCH3 is 1. The monoisotopic (exact) mass is 303 g/mol. The minimum absolute atomic E-state index is 0.0370. The van der Waals surface area contributed by atoms with Crippen molar-refractivity contribution in [2.75, 3.05) is 7.11 Å². The van der Waals surface area contributed by atoms with Crippen molar-refractivity contribution < 1.29 is 24.4 Å². The van der Waals surface area contributed by atoms with Crippen molar-refractivity contribution in [1.29, 1.82) is 0 Å². The summed E-state index contributed by atoms with van der Waals surface area (Å²) < 4.78 is 5.03. The van der Waals surface area contributed by atoms with E-state index >= 15 is 0 Å². The Morgan fingerprint density at radius 2 is 1.73 bits per heavy atom. The van der Waals surface area contributed by atoms with Crippen LogP contribution in [-0.2, 0) is 9.59 Å². The molecule has 0 saturated carbocycles. The van der Waals surface area contributed by atoms with E-state index in [0.717, 1.165) is 0 Å². The molecule has 1 unspecified atom stereocenters. The number of hydrogen-bond donors (Lipinski definition) is 1. The first-order valence-electron chi connectivity index (χ1n) is 6.09. The van der Waals surface area contributed by atoms with E-state index in [-0.39, 0.29) is 11.8 Å². The summed E-state index contributed by atoms with van der Waals surface area (Å²) in [6, 6.07) is 12.9. The highest BCUT2D eigenvalue weighted by Gasteiger charge is 2.14. The molecule has 7 heteroatoms. The first kappa shape index (κ1) is 17.0. The lowest BCUT2D eigenvalue weighted by Gasteiger charge is -2.11. The molecule has 0 aromatic heterocycles. The zero-order chi connectivity index (χ0) is 16.5. The van der Waals surface area contributed by atoms with E-state index in [1.165, 1.54) is 12.1 Å². The second-order valence-corrected chi connectivity index (χ2v) is 4.11. The molecule has 7 nitrogen and oxygen atoms in total. The minimum Gasteiger partial charge on any atom is -0.497 e. The SMILES string of the molecule is COc1ccc(C(O)c2cccc([N+](=O)[O-])c2)cc1.O=C=O. The zero-order valence-electron chi connectivity index (χ0n) is 11.6. The Kier molecular flexibility index (Phi) is 6.43. The van der Waals surface area contributed by atoms with Gasteiger partial charge in [-0.1, -0.05) is 24.3 Å². The highest BCUT2D eigenvalue weighted by atomic mass is 16.6. The fourth-order valence-corrected chi connectivity index (χ4v) is 1.79. The summed E-state index contributed by atoms with van der Waals surface area (Å²) in [5.74, 6) is 0.690. The predicted octanol–water partition coefficient (Wildman–Crippen LogP) is 2.10.